The summed E-state index contributed by atoms with van der Waals surface area (Å²) in [6.45, 7) is 3.93. The summed E-state index contributed by atoms with van der Waals surface area (Å²) in [5.74, 6) is 1.62. The first kappa shape index (κ1) is 26.8. The maximum atomic E-state index is 13.1. The van der Waals surface area contributed by atoms with Gasteiger partial charge in [0.05, 0.1) is 31.0 Å². The number of likely N-dealkylation sites (tertiary alicyclic amines) is 1. The third-order valence-electron chi connectivity index (χ3n) is 6.97. The van der Waals surface area contributed by atoms with Crippen molar-refractivity contribution in [3.63, 3.8) is 0 Å². The zero-order valence-corrected chi connectivity index (χ0v) is 23.5. The quantitative estimate of drug-likeness (QED) is 0.248. The van der Waals surface area contributed by atoms with E-state index in [0.29, 0.717) is 40.8 Å². The number of fused-ring (bicyclic) bond motifs is 1. The molecule has 0 bridgehead atoms. The van der Waals surface area contributed by atoms with Crippen LogP contribution in [0.3, 0.4) is 0 Å². The van der Waals surface area contributed by atoms with E-state index in [4.69, 9.17) is 9.47 Å². The molecule has 4 heterocycles. The molecule has 0 radical (unpaired) electrons. The van der Waals surface area contributed by atoms with Crippen LogP contribution >= 0.6 is 0 Å². The van der Waals surface area contributed by atoms with Gasteiger partial charge in [-0.3, -0.25) is 4.90 Å². The molecule has 1 fully saturated rings. The second-order valence-electron chi connectivity index (χ2n) is 9.87. The highest BCUT2D eigenvalue weighted by Crippen LogP contribution is 2.24. The molecular formula is C29H31N7O4S. The van der Waals surface area contributed by atoms with Gasteiger partial charge >= 0.3 is 0 Å². The molecular weight excluding hydrogens is 542 g/mol. The van der Waals surface area contributed by atoms with Crippen LogP contribution in [0.4, 0.5) is 11.6 Å². The number of benzene rings is 2. The van der Waals surface area contributed by atoms with Crippen LogP contribution in [0.15, 0.2) is 79.1 Å². The van der Waals surface area contributed by atoms with Crippen molar-refractivity contribution >= 4 is 27.3 Å². The number of pyridine rings is 1. The Morgan fingerprint density at radius 3 is 2.59 bits per heavy atom. The molecule has 212 valence electrons. The van der Waals surface area contributed by atoms with E-state index in [2.05, 4.69) is 25.4 Å². The maximum Gasteiger partial charge on any atom is 0.257 e. The molecule has 12 heteroatoms. The second-order valence-corrected chi connectivity index (χ2v) is 11.7. The van der Waals surface area contributed by atoms with Gasteiger partial charge in [0, 0.05) is 17.8 Å². The summed E-state index contributed by atoms with van der Waals surface area (Å²) in [4.78, 5) is 7.01. The molecule has 0 aliphatic carbocycles. The number of rotatable bonds is 11. The van der Waals surface area contributed by atoms with Crippen molar-refractivity contribution in [2.45, 2.75) is 18.6 Å². The van der Waals surface area contributed by atoms with E-state index in [-0.39, 0.29) is 5.75 Å². The van der Waals surface area contributed by atoms with E-state index in [0.717, 1.165) is 35.2 Å². The lowest BCUT2D eigenvalue weighted by atomic mass is 10.2. The monoisotopic (exact) mass is 573 g/mol. The zero-order chi connectivity index (χ0) is 28.2. The molecule has 0 atom stereocenters. The van der Waals surface area contributed by atoms with Crippen LogP contribution in [0.1, 0.15) is 18.4 Å². The van der Waals surface area contributed by atoms with Gasteiger partial charge < -0.3 is 14.8 Å². The van der Waals surface area contributed by atoms with E-state index in [1.807, 2.05) is 42.5 Å². The fourth-order valence-electron chi connectivity index (χ4n) is 4.87. The Bertz CT molecular complexity index is 1740. The topological polar surface area (TPSA) is 116 Å². The van der Waals surface area contributed by atoms with Gasteiger partial charge in [0.25, 0.3) is 10.0 Å². The third kappa shape index (κ3) is 6.18. The summed E-state index contributed by atoms with van der Waals surface area (Å²) < 4.78 is 39.9. The highest BCUT2D eigenvalue weighted by molar-refractivity contribution is 7.89. The number of nitrogens with zero attached hydrogens (tertiary/aromatic N) is 6. The van der Waals surface area contributed by atoms with Gasteiger partial charge in [-0.25, -0.2) is 12.9 Å². The van der Waals surface area contributed by atoms with Gasteiger partial charge in [0.2, 0.25) is 5.95 Å². The standard InChI is InChI=1S/C29H31N7O4S/c1-39-26-7-4-6-22(18-26)21-41(37,38)35-20-23(19-30-35)27-8-5-9-28-32-29(33-36(27)28)31-24-10-12-25(13-11-24)40-17-16-34-14-2-3-15-34/h4-13,18-20H,2-3,14-17,21H2,1H3,(H,31,33). The third-order valence-corrected chi connectivity index (χ3v) is 8.44. The first-order chi connectivity index (χ1) is 20.0. The molecule has 1 N–H and O–H groups in total. The van der Waals surface area contributed by atoms with Crippen molar-refractivity contribution in [3.8, 4) is 22.8 Å². The first-order valence-electron chi connectivity index (χ1n) is 13.5. The smallest absolute Gasteiger partial charge is 0.257 e. The predicted octanol–water partition coefficient (Wildman–Crippen LogP) is 4.20. The average Bonchev–Trinajstić information content (AvgIpc) is 3.75. The molecule has 41 heavy (non-hydrogen) atoms. The van der Waals surface area contributed by atoms with Crippen LogP contribution in [0.5, 0.6) is 11.5 Å². The summed E-state index contributed by atoms with van der Waals surface area (Å²) in [6.07, 6.45) is 5.54. The largest absolute Gasteiger partial charge is 0.497 e. The minimum atomic E-state index is -3.75. The number of anilines is 2. The summed E-state index contributed by atoms with van der Waals surface area (Å²) in [5.41, 5.74) is 3.30. The van der Waals surface area contributed by atoms with Crippen LogP contribution in [-0.4, -0.2) is 70.5 Å². The minimum Gasteiger partial charge on any atom is -0.497 e. The molecule has 0 saturated carbocycles. The second kappa shape index (κ2) is 11.6. The summed E-state index contributed by atoms with van der Waals surface area (Å²) in [7, 11) is -2.21. The highest BCUT2D eigenvalue weighted by atomic mass is 32.2. The molecule has 0 unspecified atom stereocenters. The van der Waals surface area contributed by atoms with E-state index < -0.39 is 10.0 Å². The maximum absolute atomic E-state index is 13.1. The van der Waals surface area contributed by atoms with Crippen molar-refractivity contribution in [2.75, 3.05) is 38.7 Å². The molecule has 5 aromatic rings. The van der Waals surface area contributed by atoms with Crippen molar-refractivity contribution in [3.05, 3.63) is 84.7 Å². The van der Waals surface area contributed by atoms with E-state index in [1.54, 1.807) is 35.9 Å². The Labute approximate surface area is 238 Å². The minimum absolute atomic E-state index is 0.213. The molecule has 0 amide bonds. The van der Waals surface area contributed by atoms with Gasteiger partial charge in [-0.1, -0.05) is 18.2 Å². The van der Waals surface area contributed by atoms with Crippen LogP contribution in [-0.2, 0) is 15.8 Å². The van der Waals surface area contributed by atoms with Crippen molar-refractivity contribution < 1.29 is 17.9 Å². The van der Waals surface area contributed by atoms with Gasteiger partial charge in [0.15, 0.2) is 5.65 Å². The van der Waals surface area contributed by atoms with Crippen LogP contribution in [0.2, 0.25) is 0 Å². The lowest BCUT2D eigenvalue weighted by Gasteiger charge is -2.15. The number of methoxy groups -OCH3 is 1. The molecule has 1 aliphatic rings. The predicted molar refractivity (Wildman–Crippen MR) is 156 cm³/mol. The van der Waals surface area contributed by atoms with Crippen LogP contribution < -0.4 is 14.8 Å². The summed E-state index contributed by atoms with van der Waals surface area (Å²) in [5, 5.41) is 12.0. The fourth-order valence-corrected chi connectivity index (χ4v) is 6.07. The number of hydrogen-bond acceptors (Lipinski definition) is 9. The molecule has 2 aromatic carbocycles. The number of aromatic nitrogens is 5. The lowest BCUT2D eigenvalue weighted by Crippen LogP contribution is -2.25. The molecule has 0 spiro atoms. The fraction of sp³-hybridized carbons (Fsp3) is 0.276. The zero-order valence-electron chi connectivity index (χ0n) is 22.7. The van der Waals surface area contributed by atoms with E-state index in [1.165, 1.54) is 25.2 Å². The number of hydrogen-bond donors (Lipinski definition) is 1. The van der Waals surface area contributed by atoms with Crippen molar-refractivity contribution in [1.29, 1.82) is 0 Å². The van der Waals surface area contributed by atoms with Crippen LogP contribution in [0, 0.1) is 0 Å². The Morgan fingerprint density at radius 2 is 1.78 bits per heavy atom. The van der Waals surface area contributed by atoms with Crippen molar-refractivity contribution in [1.82, 2.24) is 28.7 Å². The summed E-state index contributed by atoms with van der Waals surface area (Å²) in [6, 6.07) is 20.2. The summed E-state index contributed by atoms with van der Waals surface area (Å²) >= 11 is 0. The average molecular weight is 574 g/mol. The Hall–Kier alpha value is -4.42. The first-order valence-corrected chi connectivity index (χ1v) is 15.1. The van der Waals surface area contributed by atoms with Gasteiger partial charge in [-0.2, -0.15) is 14.2 Å². The molecule has 6 rings (SSSR count). The highest BCUT2D eigenvalue weighted by Gasteiger charge is 2.19. The SMILES string of the molecule is COc1cccc(CS(=O)(=O)n2cc(-c3cccc4nc(Nc5ccc(OCCN6CCCC6)cc5)nn34)cn2)c1. The van der Waals surface area contributed by atoms with Crippen LogP contribution in [0.25, 0.3) is 16.9 Å². The molecule has 1 saturated heterocycles. The molecule has 3 aromatic heterocycles. The van der Waals surface area contributed by atoms with E-state index in [9.17, 15) is 8.42 Å². The number of ether oxygens (including phenoxy) is 2. The molecule has 1 aliphatic heterocycles. The normalized spacial score (nSPS) is 14.0. The number of nitrogens with one attached hydrogen (secondary N) is 1. The molecule has 11 nitrogen and oxygen atoms in total. The van der Waals surface area contributed by atoms with Gasteiger partial charge in [-0.05, 0) is 80.0 Å². The Morgan fingerprint density at radius 1 is 0.976 bits per heavy atom. The van der Waals surface area contributed by atoms with Crippen molar-refractivity contribution in [2.24, 2.45) is 0 Å². The lowest BCUT2D eigenvalue weighted by molar-refractivity contribution is 0.238. The van der Waals surface area contributed by atoms with E-state index >= 15 is 0 Å². The van der Waals surface area contributed by atoms with Gasteiger partial charge in [-0.15, -0.1) is 5.10 Å². The Balaban J connectivity index is 1.15. The Kier molecular flexibility index (Phi) is 7.57. The van der Waals surface area contributed by atoms with Gasteiger partial charge in [0.1, 0.15) is 18.1 Å².